The van der Waals surface area contributed by atoms with E-state index in [-0.39, 0.29) is 6.09 Å². The highest BCUT2D eigenvalue weighted by atomic mass is 16.6. The fraction of sp³-hybridized carbons (Fsp3) is 0.938. The first kappa shape index (κ1) is 15.6. The molecule has 0 bridgehead atoms. The van der Waals surface area contributed by atoms with Gasteiger partial charge in [0.15, 0.2) is 0 Å². The van der Waals surface area contributed by atoms with Crippen molar-refractivity contribution in [2.45, 2.75) is 70.9 Å². The van der Waals surface area contributed by atoms with Gasteiger partial charge in [0.1, 0.15) is 5.60 Å². The molecule has 1 heterocycles. The second-order valence-corrected chi connectivity index (χ2v) is 7.44. The Morgan fingerprint density at radius 3 is 2.50 bits per heavy atom. The third-order valence-corrected chi connectivity index (χ3v) is 4.59. The third kappa shape index (κ3) is 4.11. The molecule has 2 aliphatic rings. The SMILES string of the molecule is CC(C)(C)OC(=O)N1CCC[C@H]([C@@H]2CCCC[C@H]2N)C1. The van der Waals surface area contributed by atoms with Crippen molar-refractivity contribution in [2.75, 3.05) is 13.1 Å². The molecular formula is C16H30N2O2. The minimum atomic E-state index is -0.411. The number of nitrogens with two attached hydrogens (primary N) is 1. The molecule has 4 heteroatoms. The van der Waals surface area contributed by atoms with Crippen molar-refractivity contribution in [2.24, 2.45) is 17.6 Å². The summed E-state index contributed by atoms with van der Waals surface area (Å²) < 4.78 is 5.50. The van der Waals surface area contributed by atoms with E-state index in [1.54, 1.807) is 0 Å². The standard InChI is InChI=1S/C16H30N2O2/c1-16(2,3)20-15(19)18-10-6-7-12(11-18)13-8-4-5-9-14(13)17/h12-14H,4-11,17H2,1-3H3/t12-,13-,14+/m0/s1. The van der Waals surface area contributed by atoms with Crippen molar-refractivity contribution in [3.8, 4) is 0 Å². The summed E-state index contributed by atoms with van der Waals surface area (Å²) in [5.41, 5.74) is 5.89. The number of hydrogen-bond acceptors (Lipinski definition) is 3. The van der Waals surface area contributed by atoms with Gasteiger partial charge in [0.2, 0.25) is 0 Å². The molecule has 0 aromatic rings. The lowest BCUT2D eigenvalue weighted by atomic mass is 9.74. The molecule has 116 valence electrons. The van der Waals surface area contributed by atoms with Gasteiger partial charge in [-0.15, -0.1) is 0 Å². The van der Waals surface area contributed by atoms with Crippen LogP contribution in [0.4, 0.5) is 4.79 Å². The minimum absolute atomic E-state index is 0.161. The Morgan fingerprint density at radius 1 is 1.15 bits per heavy atom. The van der Waals surface area contributed by atoms with Crippen LogP contribution in [0.5, 0.6) is 0 Å². The average Bonchev–Trinajstić information content (AvgIpc) is 2.37. The highest BCUT2D eigenvalue weighted by Crippen LogP contribution is 2.34. The van der Waals surface area contributed by atoms with Crippen LogP contribution in [0.3, 0.4) is 0 Å². The Labute approximate surface area is 123 Å². The molecule has 1 saturated carbocycles. The van der Waals surface area contributed by atoms with E-state index in [2.05, 4.69) is 0 Å². The van der Waals surface area contributed by atoms with Crippen LogP contribution in [0.25, 0.3) is 0 Å². The summed E-state index contributed by atoms with van der Waals surface area (Å²) >= 11 is 0. The normalized spacial score (nSPS) is 32.0. The topological polar surface area (TPSA) is 55.6 Å². The number of rotatable bonds is 1. The van der Waals surface area contributed by atoms with Crippen molar-refractivity contribution in [1.29, 1.82) is 0 Å². The van der Waals surface area contributed by atoms with E-state index in [1.807, 2.05) is 25.7 Å². The van der Waals surface area contributed by atoms with Crippen molar-refractivity contribution < 1.29 is 9.53 Å². The van der Waals surface area contributed by atoms with Crippen LogP contribution >= 0.6 is 0 Å². The number of hydrogen-bond donors (Lipinski definition) is 1. The van der Waals surface area contributed by atoms with Crippen LogP contribution in [0.1, 0.15) is 59.3 Å². The Bertz CT molecular complexity index is 338. The summed E-state index contributed by atoms with van der Waals surface area (Å²) in [6.45, 7) is 7.41. The van der Waals surface area contributed by atoms with Gasteiger partial charge in [-0.3, -0.25) is 0 Å². The molecule has 2 rings (SSSR count). The van der Waals surface area contributed by atoms with Gasteiger partial charge in [-0.2, -0.15) is 0 Å². The van der Waals surface area contributed by atoms with E-state index < -0.39 is 5.60 Å². The van der Waals surface area contributed by atoms with Crippen molar-refractivity contribution >= 4 is 6.09 Å². The molecule has 0 aromatic heterocycles. The van der Waals surface area contributed by atoms with Gasteiger partial charge in [0, 0.05) is 19.1 Å². The molecule has 0 unspecified atom stereocenters. The molecule has 2 fully saturated rings. The van der Waals surface area contributed by atoms with E-state index in [9.17, 15) is 4.79 Å². The summed E-state index contributed by atoms with van der Waals surface area (Å²) in [5, 5.41) is 0. The van der Waals surface area contributed by atoms with Gasteiger partial charge in [-0.25, -0.2) is 4.79 Å². The summed E-state index contributed by atoms with van der Waals surface area (Å²) in [7, 11) is 0. The van der Waals surface area contributed by atoms with Crippen molar-refractivity contribution in [3.63, 3.8) is 0 Å². The molecule has 3 atom stereocenters. The van der Waals surface area contributed by atoms with E-state index in [4.69, 9.17) is 10.5 Å². The molecule has 2 N–H and O–H groups in total. The van der Waals surface area contributed by atoms with Gasteiger partial charge < -0.3 is 15.4 Å². The first-order valence-corrected chi connectivity index (χ1v) is 8.10. The van der Waals surface area contributed by atoms with Crippen LogP contribution in [-0.2, 0) is 4.74 Å². The maximum atomic E-state index is 12.2. The number of carbonyl (C=O) groups excluding carboxylic acids is 1. The molecule has 0 spiro atoms. The number of amides is 1. The monoisotopic (exact) mass is 282 g/mol. The number of ether oxygens (including phenoxy) is 1. The number of carbonyl (C=O) groups is 1. The highest BCUT2D eigenvalue weighted by molar-refractivity contribution is 5.68. The molecule has 1 amide bonds. The molecule has 4 nitrogen and oxygen atoms in total. The van der Waals surface area contributed by atoms with E-state index in [0.717, 1.165) is 25.9 Å². The Morgan fingerprint density at radius 2 is 1.85 bits per heavy atom. The van der Waals surface area contributed by atoms with E-state index in [0.29, 0.717) is 17.9 Å². The third-order valence-electron chi connectivity index (χ3n) is 4.59. The Balaban J connectivity index is 1.92. The van der Waals surface area contributed by atoms with Gasteiger partial charge in [0.25, 0.3) is 0 Å². The zero-order chi connectivity index (χ0) is 14.8. The van der Waals surface area contributed by atoms with Crippen LogP contribution in [0.15, 0.2) is 0 Å². The average molecular weight is 282 g/mol. The second kappa shape index (κ2) is 6.33. The minimum Gasteiger partial charge on any atom is -0.444 e. The lowest BCUT2D eigenvalue weighted by molar-refractivity contribution is 0.0103. The van der Waals surface area contributed by atoms with Crippen molar-refractivity contribution in [1.82, 2.24) is 4.90 Å². The number of piperidine rings is 1. The number of likely N-dealkylation sites (tertiary alicyclic amines) is 1. The maximum absolute atomic E-state index is 12.2. The summed E-state index contributed by atoms with van der Waals surface area (Å²) in [6.07, 6.45) is 7.06. The predicted octanol–water partition coefficient (Wildman–Crippen LogP) is 3.15. The van der Waals surface area contributed by atoms with Crippen LogP contribution in [0.2, 0.25) is 0 Å². The quantitative estimate of drug-likeness (QED) is 0.803. The van der Waals surface area contributed by atoms with Gasteiger partial charge in [0.05, 0.1) is 0 Å². The summed E-state index contributed by atoms with van der Waals surface area (Å²) in [5.74, 6) is 1.15. The Hall–Kier alpha value is -0.770. The molecule has 0 radical (unpaired) electrons. The summed E-state index contributed by atoms with van der Waals surface area (Å²) in [4.78, 5) is 14.1. The fourth-order valence-corrected chi connectivity index (χ4v) is 3.63. The molecular weight excluding hydrogens is 252 g/mol. The van der Waals surface area contributed by atoms with E-state index in [1.165, 1.54) is 25.7 Å². The Kier molecular flexibility index (Phi) is 4.95. The van der Waals surface area contributed by atoms with Crippen LogP contribution in [0, 0.1) is 11.8 Å². The van der Waals surface area contributed by atoms with Crippen molar-refractivity contribution in [3.05, 3.63) is 0 Å². The highest BCUT2D eigenvalue weighted by Gasteiger charge is 2.35. The molecule has 1 aliphatic carbocycles. The zero-order valence-corrected chi connectivity index (χ0v) is 13.2. The molecule has 1 saturated heterocycles. The zero-order valence-electron chi connectivity index (χ0n) is 13.2. The smallest absolute Gasteiger partial charge is 0.410 e. The largest absolute Gasteiger partial charge is 0.444 e. The lowest BCUT2D eigenvalue weighted by Crippen LogP contribution is -2.48. The first-order chi connectivity index (χ1) is 9.37. The van der Waals surface area contributed by atoms with Crippen LogP contribution < -0.4 is 5.73 Å². The maximum Gasteiger partial charge on any atom is 0.410 e. The predicted molar refractivity (Wildman–Crippen MR) is 80.5 cm³/mol. The van der Waals surface area contributed by atoms with E-state index >= 15 is 0 Å². The lowest BCUT2D eigenvalue weighted by Gasteiger charge is -2.41. The number of nitrogens with zero attached hydrogens (tertiary/aromatic N) is 1. The molecule has 0 aromatic carbocycles. The summed E-state index contributed by atoms with van der Waals surface area (Å²) in [6, 6.07) is 0.326. The first-order valence-electron chi connectivity index (χ1n) is 8.10. The molecule has 1 aliphatic heterocycles. The molecule has 20 heavy (non-hydrogen) atoms. The van der Waals surface area contributed by atoms with Crippen LogP contribution in [-0.4, -0.2) is 35.7 Å². The second-order valence-electron chi connectivity index (χ2n) is 7.44. The van der Waals surface area contributed by atoms with Gasteiger partial charge in [-0.05, 0) is 58.3 Å². The fourth-order valence-electron chi connectivity index (χ4n) is 3.63. The van der Waals surface area contributed by atoms with Gasteiger partial charge in [-0.1, -0.05) is 12.8 Å². The van der Waals surface area contributed by atoms with Gasteiger partial charge >= 0.3 is 6.09 Å².